The minimum Gasteiger partial charge on any atom is -0.382 e. The van der Waals surface area contributed by atoms with E-state index in [4.69, 9.17) is 4.74 Å². The number of anilines is 1. The average Bonchev–Trinajstić information content (AvgIpc) is 2.70. The summed E-state index contributed by atoms with van der Waals surface area (Å²) in [5.41, 5.74) is 3.61. The van der Waals surface area contributed by atoms with E-state index in [9.17, 15) is 14.4 Å². The first-order chi connectivity index (χ1) is 13.1. The van der Waals surface area contributed by atoms with E-state index in [-0.39, 0.29) is 29.6 Å². The van der Waals surface area contributed by atoms with Crippen LogP contribution in [0, 0.1) is 11.8 Å². The molecule has 3 rings (SSSR count). The maximum absolute atomic E-state index is 12.8. The number of nitrogens with one attached hydrogen (secondary N) is 2. The quantitative estimate of drug-likeness (QED) is 0.565. The number of nitrogens with zero attached hydrogens (tertiary/aromatic N) is 1. The predicted octanol–water partition coefficient (Wildman–Crippen LogP) is 1.80. The molecular weight excluding hydrogens is 346 g/mol. The molecule has 0 radical (unpaired) electrons. The van der Waals surface area contributed by atoms with Gasteiger partial charge in [-0.05, 0) is 44.4 Å². The van der Waals surface area contributed by atoms with Crippen molar-refractivity contribution in [1.29, 1.82) is 0 Å². The highest BCUT2D eigenvalue weighted by molar-refractivity contribution is 6.05. The monoisotopic (exact) mass is 371 g/mol. The molecule has 7 heteroatoms. The molecule has 27 heavy (non-hydrogen) atoms. The second kappa shape index (κ2) is 8.81. The molecule has 144 valence electrons. The molecule has 2 N–H and O–H groups in total. The van der Waals surface area contributed by atoms with Gasteiger partial charge in [0, 0.05) is 25.3 Å². The summed E-state index contributed by atoms with van der Waals surface area (Å²) in [7, 11) is 0. The number of rotatable bonds is 7. The van der Waals surface area contributed by atoms with Crippen molar-refractivity contribution in [3.63, 3.8) is 0 Å². The maximum atomic E-state index is 12.8. The zero-order valence-corrected chi connectivity index (χ0v) is 15.4. The lowest BCUT2D eigenvalue weighted by atomic mass is 9.80. The largest absolute Gasteiger partial charge is 0.382 e. The number of carbonyl (C=O) groups is 3. The highest BCUT2D eigenvalue weighted by atomic mass is 16.5. The third-order valence-electron chi connectivity index (χ3n) is 4.85. The first kappa shape index (κ1) is 19.1. The van der Waals surface area contributed by atoms with Crippen LogP contribution < -0.4 is 15.8 Å². The Labute approximate surface area is 158 Å². The van der Waals surface area contributed by atoms with E-state index in [0.717, 1.165) is 6.42 Å². The topological polar surface area (TPSA) is 87.7 Å². The highest BCUT2D eigenvalue weighted by Gasteiger charge is 2.42. The second-order valence-electron chi connectivity index (χ2n) is 6.66. The van der Waals surface area contributed by atoms with Crippen LogP contribution in [0.15, 0.2) is 36.4 Å². The van der Waals surface area contributed by atoms with Gasteiger partial charge in [0.2, 0.25) is 11.8 Å². The number of carbonyl (C=O) groups excluding carboxylic acids is 3. The lowest BCUT2D eigenvalue weighted by Gasteiger charge is -2.38. The van der Waals surface area contributed by atoms with Crippen molar-refractivity contribution in [3.05, 3.63) is 42.0 Å². The molecule has 0 aromatic heterocycles. The van der Waals surface area contributed by atoms with Crippen LogP contribution >= 0.6 is 0 Å². The van der Waals surface area contributed by atoms with Crippen molar-refractivity contribution in [2.75, 3.05) is 24.8 Å². The van der Waals surface area contributed by atoms with E-state index < -0.39 is 0 Å². The summed E-state index contributed by atoms with van der Waals surface area (Å²) in [6.45, 7) is 3.69. The van der Waals surface area contributed by atoms with Crippen LogP contribution in [0.5, 0.6) is 0 Å². The second-order valence-corrected chi connectivity index (χ2v) is 6.66. The van der Waals surface area contributed by atoms with Gasteiger partial charge in [0.1, 0.15) is 0 Å². The van der Waals surface area contributed by atoms with E-state index >= 15 is 0 Å². The Morgan fingerprint density at radius 1 is 1.26 bits per heavy atom. The van der Waals surface area contributed by atoms with E-state index in [2.05, 4.69) is 10.7 Å². The normalized spacial score (nSPS) is 21.6. The van der Waals surface area contributed by atoms with Gasteiger partial charge in [0.05, 0.1) is 17.5 Å². The van der Waals surface area contributed by atoms with Gasteiger partial charge in [0.25, 0.3) is 5.91 Å². The number of hydrogen-bond donors (Lipinski definition) is 2. The summed E-state index contributed by atoms with van der Waals surface area (Å²) in [5, 5.41) is 4.11. The SMILES string of the molecule is CCOCCCNC(=O)c1cccc(N2NC(=O)C3CC=CCC3C2=O)c1. The van der Waals surface area contributed by atoms with Crippen LogP contribution in [0.25, 0.3) is 0 Å². The predicted molar refractivity (Wildman–Crippen MR) is 101 cm³/mol. The molecule has 1 fully saturated rings. The number of allylic oxidation sites excluding steroid dienone is 2. The molecule has 2 unspecified atom stereocenters. The molecule has 1 heterocycles. The van der Waals surface area contributed by atoms with Crippen molar-refractivity contribution in [2.24, 2.45) is 11.8 Å². The Bertz CT molecular complexity index is 746. The molecule has 1 saturated heterocycles. The fourth-order valence-corrected chi connectivity index (χ4v) is 3.39. The fourth-order valence-electron chi connectivity index (χ4n) is 3.39. The summed E-state index contributed by atoms with van der Waals surface area (Å²) in [4.78, 5) is 37.5. The van der Waals surface area contributed by atoms with Crippen LogP contribution in [0.3, 0.4) is 0 Å². The molecule has 1 aromatic rings. The standard InChI is InChI=1S/C20H25N3O4/c1-2-27-12-6-11-21-18(24)14-7-5-8-15(13-14)23-20(26)17-10-4-3-9-16(17)19(25)22-23/h3-5,7-8,13,16-17H,2,6,9-12H2,1H3,(H,21,24)(H,22,25). The molecule has 1 aromatic carbocycles. The lowest BCUT2D eigenvalue weighted by molar-refractivity contribution is -0.139. The summed E-state index contributed by atoms with van der Waals surface area (Å²) < 4.78 is 5.24. The Balaban J connectivity index is 1.68. The Hall–Kier alpha value is -2.67. The van der Waals surface area contributed by atoms with Gasteiger partial charge in [-0.1, -0.05) is 18.2 Å². The molecule has 2 atom stereocenters. The Morgan fingerprint density at radius 3 is 2.81 bits per heavy atom. The van der Waals surface area contributed by atoms with E-state index in [1.54, 1.807) is 24.3 Å². The molecule has 0 spiro atoms. The smallest absolute Gasteiger partial charge is 0.251 e. The number of hydrogen-bond acceptors (Lipinski definition) is 4. The molecule has 3 amide bonds. The summed E-state index contributed by atoms with van der Waals surface area (Å²) >= 11 is 0. The van der Waals surface area contributed by atoms with Crippen molar-refractivity contribution < 1.29 is 19.1 Å². The van der Waals surface area contributed by atoms with Gasteiger partial charge in [-0.2, -0.15) is 0 Å². The van der Waals surface area contributed by atoms with Gasteiger partial charge in [-0.25, -0.2) is 5.01 Å². The van der Waals surface area contributed by atoms with Crippen LogP contribution in [0.2, 0.25) is 0 Å². The Kier molecular flexibility index (Phi) is 6.24. The van der Waals surface area contributed by atoms with Crippen LogP contribution in [-0.4, -0.2) is 37.5 Å². The fraction of sp³-hybridized carbons (Fsp3) is 0.450. The number of hydrazine groups is 1. The lowest BCUT2D eigenvalue weighted by Crippen LogP contribution is -2.59. The molecule has 1 aliphatic heterocycles. The van der Waals surface area contributed by atoms with E-state index in [1.807, 2.05) is 19.1 Å². The van der Waals surface area contributed by atoms with Crippen molar-refractivity contribution >= 4 is 23.4 Å². The first-order valence-electron chi connectivity index (χ1n) is 9.37. The summed E-state index contributed by atoms with van der Waals surface area (Å²) in [6, 6.07) is 6.72. The minimum absolute atomic E-state index is 0.141. The van der Waals surface area contributed by atoms with Crippen molar-refractivity contribution in [2.45, 2.75) is 26.2 Å². The van der Waals surface area contributed by atoms with Gasteiger partial charge >= 0.3 is 0 Å². The van der Waals surface area contributed by atoms with Gasteiger partial charge in [0.15, 0.2) is 0 Å². The van der Waals surface area contributed by atoms with E-state index in [1.165, 1.54) is 5.01 Å². The minimum atomic E-state index is -0.347. The molecular formula is C20H25N3O4. The molecule has 0 bridgehead atoms. The van der Waals surface area contributed by atoms with Crippen molar-refractivity contribution in [3.8, 4) is 0 Å². The number of benzene rings is 1. The van der Waals surface area contributed by atoms with Crippen LogP contribution in [-0.2, 0) is 14.3 Å². The number of amides is 3. The third kappa shape index (κ3) is 4.36. The molecule has 7 nitrogen and oxygen atoms in total. The average molecular weight is 371 g/mol. The summed E-state index contributed by atoms with van der Waals surface area (Å²) in [6.07, 6.45) is 5.77. The highest BCUT2D eigenvalue weighted by Crippen LogP contribution is 2.32. The van der Waals surface area contributed by atoms with Gasteiger partial charge in [-0.15, -0.1) is 0 Å². The van der Waals surface area contributed by atoms with Crippen LogP contribution in [0.1, 0.15) is 36.5 Å². The van der Waals surface area contributed by atoms with Gasteiger partial charge in [-0.3, -0.25) is 19.8 Å². The zero-order valence-electron chi connectivity index (χ0n) is 15.4. The Morgan fingerprint density at radius 2 is 2.04 bits per heavy atom. The molecule has 0 saturated carbocycles. The molecule has 1 aliphatic carbocycles. The zero-order chi connectivity index (χ0) is 19.2. The third-order valence-corrected chi connectivity index (χ3v) is 4.85. The van der Waals surface area contributed by atoms with Crippen LogP contribution in [0.4, 0.5) is 5.69 Å². The van der Waals surface area contributed by atoms with Gasteiger partial charge < -0.3 is 10.1 Å². The summed E-state index contributed by atoms with van der Waals surface area (Å²) in [5.74, 6) is -1.18. The van der Waals surface area contributed by atoms with E-state index in [0.29, 0.717) is 43.9 Å². The molecule has 2 aliphatic rings. The first-order valence-corrected chi connectivity index (χ1v) is 9.37. The maximum Gasteiger partial charge on any atom is 0.251 e. The number of ether oxygens (including phenoxy) is 1. The van der Waals surface area contributed by atoms with Crippen molar-refractivity contribution in [1.82, 2.24) is 10.7 Å². The number of fused-ring (bicyclic) bond motifs is 1.